The maximum absolute atomic E-state index is 4.56. The Morgan fingerprint density at radius 3 is 2.59 bits per heavy atom. The number of likely N-dealkylation sites (tertiary alicyclic amines) is 1. The lowest BCUT2D eigenvalue weighted by Gasteiger charge is -2.31. The molecule has 0 amide bonds. The predicted molar refractivity (Wildman–Crippen MR) is 106 cm³/mol. The minimum atomic E-state index is 0.460. The van der Waals surface area contributed by atoms with E-state index >= 15 is 0 Å². The lowest BCUT2D eigenvalue weighted by molar-refractivity contribution is 0.213. The molecule has 0 saturated carbocycles. The van der Waals surface area contributed by atoms with Crippen molar-refractivity contribution in [2.75, 3.05) is 43.4 Å². The smallest absolute Gasteiger partial charge is 0.227 e. The summed E-state index contributed by atoms with van der Waals surface area (Å²) in [6, 6.07) is 1.89. The molecule has 2 aliphatic heterocycles. The maximum Gasteiger partial charge on any atom is 0.227 e. The van der Waals surface area contributed by atoms with E-state index in [1.807, 2.05) is 19.3 Å². The fraction of sp³-hybridized carbons (Fsp3) is 0.684. The van der Waals surface area contributed by atoms with E-state index in [9.17, 15) is 0 Å². The van der Waals surface area contributed by atoms with Crippen LogP contribution in [0.15, 0.2) is 12.3 Å². The molecule has 0 spiro atoms. The summed E-state index contributed by atoms with van der Waals surface area (Å²) >= 11 is 0. The van der Waals surface area contributed by atoms with Gasteiger partial charge >= 0.3 is 0 Å². The molecule has 0 radical (unpaired) electrons. The molecule has 2 aliphatic rings. The van der Waals surface area contributed by atoms with E-state index in [1.54, 1.807) is 0 Å². The molecule has 2 fully saturated rings. The van der Waals surface area contributed by atoms with Gasteiger partial charge in [-0.25, -0.2) is 4.98 Å². The molecular weight excluding hydrogens is 340 g/mol. The first-order valence-electron chi connectivity index (χ1n) is 10.1. The Bertz CT molecular complexity index is 744. The number of hydrogen-bond acceptors (Lipinski definition) is 7. The second-order valence-electron chi connectivity index (χ2n) is 7.62. The molecule has 4 heterocycles. The van der Waals surface area contributed by atoms with Crippen LogP contribution in [0.1, 0.15) is 49.7 Å². The number of anilines is 2. The molecule has 0 unspecified atom stereocenters. The zero-order valence-electron chi connectivity index (χ0n) is 16.4. The number of rotatable bonds is 5. The van der Waals surface area contributed by atoms with E-state index in [4.69, 9.17) is 0 Å². The van der Waals surface area contributed by atoms with Gasteiger partial charge in [0.2, 0.25) is 5.95 Å². The molecule has 2 aromatic heterocycles. The molecule has 0 aliphatic carbocycles. The summed E-state index contributed by atoms with van der Waals surface area (Å²) in [5.41, 5.74) is 0. The number of nitrogens with one attached hydrogen (secondary N) is 1. The molecule has 146 valence electrons. The first-order valence-corrected chi connectivity index (χ1v) is 10.1. The minimum Gasteiger partial charge on any atom is -0.373 e. The number of hydrogen-bond donors (Lipinski definition) is 1. The van der Waals surface area contributed by atoms with Gasteiger partial charge in [-0.15, -0.1) is 10.2 Å². The van der Waals surface area contributed by atoms with Gasteiger partial charge in [0.1, 0.15) is 17.5 Å². The van der Waals surface area contributed by atoms with Crippen molar-refractivity contribution in [1.29, 1.82) is 0 Å². The largest absolute Gasteiger partial charge is 0.373 e. The van der Waals surface area contributed by atoms with E-state index in [2.05, 4.69) is 46.9 Å². The van der Waals surface area contributed by atoms with Crippen molar-refractivity contribution >= 4 is 11.8 Å². The van der Waals surface area contributed by atoms with Gasteiger partial charge in [0, 0.05) is 39.3 Å². The Morgan fingerprint density at radius 1 is 1.07 bits per heavy atom. The van der Waals surface area contributed by atoms with Crippen molar-refractivity contribution in [2.45, 2.75) is 44.6 Å². The van der Waals surface area contributed by atoms with Crippen LogP contribution in [0.4, 0.5) is 11.8 Å². The second kappa shape index (κ2) is 8.21. The van der Waals surface area contributed by atoms with Gasteiger partial charge in [0.15, 0.2) is 0 Å². The molecule has 2 aromatic rings. The molecule has 4 rings (SSSR count). The van der Waals surface area contributed by atoms with Crippen LogP contribution >= 0.6 is 0 Å². The lowest BCUT2D eigenvalue weighted by atomic mass is 9.96. The van der Waals surface area contributed by atoms with Gasteiger partial charge in [0.05, 0.1) is 6.54 Å². The van der Waals surface area contributed by atoms with Gasteiger partial charge < -0.3 is 14.8 Å². The number of nitrogens with zero attached hydrogens (tertiary/aromatic N) is 7. The van der Waals surface area contributed by atoms with E-state index < -0.39 is 0 Å². The zero-order valence-corrected chi connectivity index (χ0v) is 16.4. The van der Waals surface area contributed by atoms with Crippen molar-refractivity contribution in [1.82, 2.24) is 29.6 Å². The third-order valence-electron chi connectivity index (χ3n) is 5.85. The van der Waals surface area contributed by atoms with Gasteiger partial charge in [-0.2, -0.15) is 4.98 Å². The third kappa shape index (κ3) is 4.05. The fourth-order valence-electron chi connectivity index (χ4n) is 4.16. The SMILES string of the molecule is CNc1ccnc(N2CCC(c3nnc(CN4CCCCC4)n3C)CC2)n1. The van der Waals surface area contributed by atoms with Crippen LogP contribution in [0.25, 0.3) is 0 Å². The Morgan fingerprint density at radius 2 is 1.85 bits per heavy atom. The van der Waals surface area contributed by atoms with Crippen molar-refractivity contribution in [3.63, 3.8) is 0 Å². The second-order valence-corrected chi connectivity index (χ2v) is 7.62. The topological polar surface area (TPSA) is 75.0 Å². The average molecular weight is 371 g/mol. The first-order chi connectivity index (χ1) is 13.2. The van der Waals surface area contributed by atoms with Gasteiger partial charge in [-0.1, -0.05) is 6.42 Å². The third-order valence-corrected chi connectivity index (χ3v) is 5.85. The molecule has 8 nitrogen and oxygen atoms in total. The Labute approximate surface area is 161 Å². The molecule has 0 atom stereocenters. The number of piperidine rings is 2. The van der Waals surface area contributed by atoms with Crippen LogP contribution in [0.3, 0.4) is 0 Å². The molecular formula is C19H30N8. The lowest BCUT2D eigenvalue weighted by Crippen LogP contribution is -2.35. The first kappa shape index (κ1) is 18.2. The summed E-state index contributed by atoms with van der Waals surface area (Å²) < 4.78 is 2.23. The highest BCUT2D eigenvalue weighted by Crippen LogP contribution is 2.28. The van der Waals surface area contributed by atoms with Crippen molar-refractivity contribution in [2.24, 2.45) is 7.05 Å². The Hall–Kier alpha value is -2.22. The molecule has 0 aromatic carbocycles. The predicted octanol–water partition coefficient (Wildman–Crippen LogP) is 2.02. The van der Waals surface area contributed by atoms with Crippen LogP contribution < -0.4 is 10.2 Å². The molecule has 0 bridgehead atoms. The highest BCUT2D eigenvalue weighted by atomic mass is 15.3. The van der Waals surface area contributed by atoms with Crippen LogP contribution in [0.5, 0.6) is 0 Å². The van der Waals surface area contributed by atoms with Crippen molar-refractivity contribution < 1.29 is 0 Å². The van der Waals surface area contributed by atoms with Gasteiger partial charge in [-0.05, 0) is 44.8 Å². The Balaban J connectivity index is 1.38. The average Bonchev–Trinajstić information content (AvgIpc) is 3.09. The van der Waals surface area contributed by atoms with Gasteiger partial charge in [-0.3, -0.25) is 4.90 Å². The monoisotopic (exact) mass is 370 g/mol. The fourth-order valence-corrected chi connectivity index (χ4v) is 4.16. The summed E-state index contributed by atoms with van der Waals surface area (Å²) in [5, 5.41) is 12.1. The summed E-state index contributed by atoms with van der Waals surface area (Å²) in [6.07, 6.45) is 7.90. The van der Waals surface area contributed by atoms with E-state index in [1.165, 1.54) is 32.4 Å². The minimum absolute atomic E-state index is 0.460. The van der Waals surface area contributed by atoms with Crippen LogP contribution in [-0.2, 0) is 13.6 Å². The van der Waals surface area contributed by atoms with Crippen LogP contribution in [0.2, 0.25) is 0 Å². The standard InChI is InChI=1S/C19H30N8/c1-20-16-6-9-21-19(22-16)27-12-7-15(8-13-27)18-24-23-17(25(18)2)14-26-10-4-3-5-11-26/h6,9,15H,3-5,7-8,10-14H2,1-2H3,(H,20,21,22). The Kier molecular flexibility index (Phi) is 5.52. The highest BCUT2D eigenvalue weighted by molar-refractivity contribution is 5.41. The molecule has 1 N–H and O–H groups in total. The molecule has 8 heteroatoms. The number of aromatic nitrogens is 5. The van der Waals surface area contributed by atoms with Crippen molar-refractivity contribution in [3.05, 3.63) is 23.9 Å². The molecule has 27 heavy (non-hydrogen) atoms. The summed E-state index contributed by atoms with van der Waals surface area (Å²) in [4.78, 5) is 13.8. The zero-order chi connectivity index (χ0) is 18.6. The highest BCUT2D eigenvalue weighted by Gasteiger charge is 2.27. The van der Waals surface area contributed by atoms with Gasteiger partial charge in [0.25, 0.3) is 0 Å². The van der Waals surface area contributed by atoms with Crippen LogP contribution in [-0.4, -0.2) is 62.9 Å². The molecule has 2 saturated heterocycles. The van der Waals surface area contributed by atoms with Crippen molar-refractivity contribution in [3.8, 4) is 0 Å². The van der Waals surface area contributed by atoms with E-state index in [0.29, 0.717) is 5.92 Å². The summed E-state index contributed by atoms with van der Waals surface area (Å²) in [7, 11) is 4.01. The van der Waals surface area contributed by atoms with E-state index in [0.717, 1.165) is 55.9 Å². The summed E-state index contributed by atoms with van der Waals surface area (Å²) in [5.74, 6) is 4.36. The quantitative estimate of drug-likeness (QED) is 0.863. The summed E-state index contributed by atoms with van der Waals surface area (Å²) in [6.45, 7) is 5.20. The normalized spacial score (nSPS) is 19.4. The van der Waals surface area contributed by atoms with Crippen LogP contribution in [0, 0.1) is 0 Å². The maximum atomic E-state index is 4.56. The van der Waals surface area contributed by atoms with E-state index in [-0.39, 0.29) is 0 Å².